The normalized spacial score (nSPS) is 23.2. The van der Waals surface area contributed by atoms with Gasteiger partial charge in [-0.1, -0.05) is 11.2 Å². The Kier molecular flexibility index (Phi) is 4.53. The van der Waals surface area contributed by atoms with Crippen LogP contribution in [0.2, 0.25) is 0 Å². The molecule has 2 aliphatic rings. The molecule has 132 valence electrons. The highest BCUT2D eigenvalue weighted by atomic mass is 16.5. The lowest BCUT2D eigenvalue weighted by Crippen LogP contribution is -2.29. The van der Waals surface area contributed by atoms with Gasteiger partial charge in [0.2, 0.25) is 0 Å². The van der Waals surface area contributed by atoms with Gasteiger partial charge in [0.1, 0.15) is 11.8 Å². The van der Waals surface area contributed by atoms with Crippen LogP contribution in [0.1, 0.15) is 40.5 Å². The molecule has 4 rings (SSSR count). The number of carbonyl (C=O) groups is 1. The number of hydrogen-bond donors (Lipinski definition) is 0. The third-order valence-corrected chi connectivity index (χ3v) is 5.16. The highest BCUT2D eigenvalue weighted by Crippen LogP contribution is 2.34. The number of hydrogen-bond acceptors (Lipinski definition) is 5. The van der Waals surface area contributed by atoms with Gasteiger partial charge in [-0.05, 0) is 37.8 Å². The molecule has 0 spiro atoms. The predicted molar refractivity (Wildman–Crippen MR) is 91.2 cm³/mol. The highest BCUT2D eigenvalue weighted by molar-refractivity contribution is 5.95. The molecule has 0 aromatic carbocycles. The number of rotatable bonds is 6. The minimum atomic E-state index is -0.0237. The summed E-state index contributed by atoms with van der Waals surface area (Å²) in [7, 11) is 0. The van der Waals surface area contributed by atoms with Gasteiger partial charge in [0.15, 0.2) is 0 Å². The largest absolute Gasteiger partial charge is 0.381 e. The lowest BCUT2D eigenvalue weighted by molar-refractivity contribution is 0.0738. The van der Waals surface area contributed by atoms with Gasteiger partial charge in [-0.2, -0.15) is 0 Å². The van der Waals surface area contributed by atoms with Crippen molar-refractivity contribution in [3.63, 3.8) is 0 Å². The predicted octanol–water partition coefficient (Wildman–Crippen LogP) is 2.66. The van der Waals surface area contributed by atoms with Crippen molar-refractivity contribution in [1.29, 1.82) is 0 Å². The maximum Gasteiger partial charge on any atom is 0.259 e. The van der Waals surface area contributed by atoms with Crippen molar-refractivity contribution >= 4 is 5.91 Å². The average molecular weight is 341 g/mol. The SMILES string of the molecule is Cc1nocc1C(=O)N1C[C@@H](COCC2CC2)[C@H](c2ccccn2)C1. The van der Waals surface area contributed by atoms with Crippen LogP contribution in [0, 0.1) is 18.8 Å². The molecule has 1 aliphatic heterocycles. The minimum Gasteiger partial charge on any atom is -0.381 e. The minimum absolute atomic E-state index is 0.0237. The molecule has 3 heterocycles. The number of ether oxygens (including phenoxy) is 1. The van der Waals surface area contributed by atoms with Crippen molar-refractivity contribution in [1.82, 2.24) is 15.0 Å². The van der Waals surface area contributed by atoms with Gasteiger partial charge >= 0.3 is 0 Å². The molecule has 1 aliphatic carbocycles. The Morgan fingerprint density at radius 3 is 2.88 bits per heavy atom. The van der Waals surface area contributed by atoms with Gasteiger partial charge in [0.25, 0.3) is 5.91 Å². The lowest BCUT2D eigenvalue weighted by atomic mass is 9.93. The van der Waals surface area contributed by atoms with Crippen LogP contribution < -0.4 is 0 Å². The topological polar surface area (TPSA) is 68.5 Å². The Balaban J connectivity index is 1.48. The second kappa shape index (κ2) is 6.96. The Bertz CT molecular complexity index is 727. The van der Waals surface area contributed by atoms with Crippen molar-refractivity contribution in [3.05, 3.63) is 47.6 Å². The van der Waals surface area contributed by atoms with E-state index in [-0.39, 0.29) is 17.7 Å². The fourth-order valence-electron chi connectivity index (χ4n) is 3.48. The standard InChI is InChI=1S/C19H23N3O3/c1-13-17(12-25-21-13)19(23)22-8-15(11-24-10-14-5-6-14)16(9-22)18-4-2-3-7-20-18/h2-4,7,12,14-16H,5-6,8-11H2,1H3/t15-,16+/m0/s1. The van der Waals surface area contributed by atoms with Crippen molar-refractivity contribution in [2.24, 2.45) is 11.8 Å². The Hall–Kier alpha value is -2.21. The first-order chi connectivity index (χ1) is 12.2. The number of aryl methyl sites for hydroxylation is 1. The zero-order chi connectivity index (χ0) is 17.2. The van der Waals surface area contributed by atoms with Gasteiger partial charge < -0.3 is 14.2 Å². The molecular weight excluding hydrogens is 318 g/mol. The highest BCUT2D eigenvalue weighted by Gasteiger charge is 2.38. The first-order valence-electron chi connectivity index (χ1n) is 8.91. The molecule has 2 aromatic rings. The molecule has 2 atom stereocenters. The Morgan fingerprint density at radius 1 is 1.32 bits per heavy atom. The van der Waals surface area contributed by atoms with Crippen LogP contribution in [0.5, 0.6) is 0 Å². The van der Waals surface area contributed by atoms with Gasteiger partial charge in [0, 0.05) is 43.4 Å². The van der Waals surface area contributed by atoms with E-state index in [9.17, 15) is 4.79 Å². The molecule has 0 bridgehead atoms. The second-order valence-electron chi connectivity index (χ2n) is 7.13. The van der Waals surface area contributed by atoms with Crippen LogP contribution >= 0.6 is 0 Å². The fraction of sp³-hybridized carbons (Fsp3) is 0.526. The van der Waals surface area contributed by atoms with Crippen LogP contribution in [0.4, 0.5) is 0 Å². The summed E-state index contributed by atoms with van der Waals surface area (Å²) >= 11 is 0. The first-order valence-corrected chi connectivity index (χ1v) is 8.91. The van der Waals surface area contributed by atoms with Crippen LogP contribution in [-0.4, -0.2) is 47.3 Å². The quantitative estimate of drug-likeness (QED) is 0.808. The third-order valence-electron chi connectivity index (χ3n) is 5.16. The molecule has 0 N–H and O–H groups in total. The molecule has 2 fully saturated rings. The number of likely N-dealkylation sites (tertiary alicyclic amines) is 1. The van der Waals surface area contributed by atoms with Crippen LogP contribution in [0.15, 0.2) is 35.2 Å². The molecule has 6 nitrogen and oxygen atoms in total. The number of pyridine rings is 1. The van der Waals surface area contributed by atoms with Crippen LogP contribution in [0.25, 0.3) is 0 Å². The Morgan fingerprint density at radius 2 is 2.20 bits per heavy atom. The van der Waals surface area contributed by atoms with E-state index in [4.69, 9.17) is 9.26 Å². The summed E-state index contributed by atoms with van der Waals surface area (Å²) in [6.45, 7) is 4.63. The number of carbonyl (C=O) groups excluding carboxylic acids is 1. The number of nitrogens with zero attached hydrogens (tertiary/aromatic N) is 3. The maximum absolute atomic E-state index is 12.8. The monoisotopic (exact) mass is 341 g/mol. The van der Waals surface area contributed by atoms with Gasteiger partial charge in [-0.3, -0.25) is 9.78 Å². The van der Waals surface area contributed by atoms with Crippen molar-refractivity contribution in [2.45, 2.75) is 25.7 Å². The molecule has 1 amide bonds. The van der Waals surface area contributed by atoms with E-state index in [1.807, 2.05) is 29.3 Å². The first kappa shape index (κ1) is 16.3. The van der Waals surface area contributed by atoms with E-state index >= 15 is 0 Å². The molecule has 0 unspecified atom stereocenters. The fourth-order valence-corrected chi connectivity index (χ4v) is 3.48. The van der Waals surface area contributed by atoms with Gasteiger partial charge in [-0.25, -0.2) is 0 Å². The summed E-state index contributed by atoms with van der Waals surface area (Å²) < 4.78 is 10.9. The van der Waals surface area contributed by atoms with E-state index in [1.165, 1.54) is 19.1 Å². The molecule has 1 saturated carbocycles. The average Bonchev–Trinajstić information content (AvgIpc) is 3.20. The van der Waals surface area contributed by atoms with E-state index in [2.05, 4.69) is 10.1 Å². The number of amides is 1. The molecule has 25 heavy (non-hydrogen) atoms. The van der Waals surface area contributed by atoms with Crippen LogP contribution in [0.3, 0.4) is 0 Å². The summed E-state index contributed by atoms with van der Waals surface area (Å²) in [6, 6.07) is 5.96. The summed E-state index contributed by atoms with van der Waals surface area (Å²) in [5, 5.41) is 3.82. The summed E-state index contributed by atoms with van der Waals surface area (Å²) in [6.07, 6.45) is 5.81. The zero-order valence-electron chi connectivity index (χ0n) is 14.4. The second-order valence-corrected chi connectivity index (χ2v) is 7.13. The smallest absolute Gasteiger partial charge is 0.259 e. The summed E-state index contributed by atoms with van der Waals surface area (Å²) in [5.41, 5.74) is 2.20. The van der Waals surface area contributed by atoms with E-state index in [1.54, 1.807) is 6.92 Å². The van der Waals surface area contributed by atoms with Gasteiger partial charge in [-0.15, -0.1) is 0 Å². The zero-order valence-corrected chi connectivity index (χ0v) is 14.4. The number of aromatic nitrogens is 2. The molecule has 1 saturated heterocycles. The van der Waals surface area contributed by atoms with Crippen molar-refractivity contribution in [3.8, 4) is 0 Å². The van der Waals surface area contributed by atoms with Gasteiger partial charge in [0.05, 0.1) is 12.3 Å². The summed E-state index contributed by atoms with van der Waals surface area (Å²) in [5.74, 6) is 1.18. The summed E-state index contributed by atoms with van der Waals surface area (Å²) in [4.78, 5) is 19.2. The molecule has 6 heteroatoms. The molecule has 0 radical (unpaired) electrons. The lowest BCUT2D eigenvalue weighted by Gasteiger charge is -2.17. The molecular formula is C19H23N3O3. The third kappa shape index (κ3) is 3.58. The van der Waals surface area contributed by atoms with Crippen molar-refractivity contribution < 1.29 is 14.1 Å². The molecule has 2 aromatic heterocycles. The van der Waals surface area contributed by atoms with E-state index < -0.39 is 0 Å². The maximum atomic E-state index is 12.8. The van der Waals surface area contributed by atoms with Crippen molar-refractivity contribution in [2.75, 3.05) is 26.3 Å². The van der Waals surface area contributed by atoms with Crippen LogP contribution in [-0.2, 0) is 4.74 Å². The van der Waals surface area contributed by atoms with E-state index in [0.717, 1.165) is 18.2 Å². The van der Waals surface area contributed by atoms with E-state index in [0.29, 0.717) is 31.0 Å². The Labute approximate surface area is 147 Å².